The zero-order chi connectivity index (χ0) is 17.2. The van der Waals surface area contributed by atoms with Gasteiger partial charge in [-0.05, 0) is 24.5 Å². The summed E-state index contributed by atoms with van der Waals surface area (Å²) in [6.07, 6.45) is 5.10. The van der Waals surface area contributed by atoms with Crippen molar-refractivity contribution >= 4 is 11.7 Å². The van der Waals surface area contributed by atoms with Gasteiger partial charge in [0.1, 0.15) is 18.7 Å². The van der Waals surface area contributed by atoms with Crippen LogP contribution in [0.3, 0.4) is 0 Å². The van der Waals surface area contributed by atoms with Gasteiger partial charge in [0.2, 0.25) is 5.91 Å². The van der Waals surface area contributed by atoms with Crippen molar-refractivity contribution in [2.75, 3.05) is 18.0 Å². The molecule has 132 valence electrons. The van der Waals surface area contributed by atoms with Crippen LogP contribution in [0.1, 0.15) is 30.9 Å². The minimum absolute atomic E-state index is 0.0795. The van der Waals surface area contributed by atoms with Gasteiger partial charge in [0.05, 0.1) is 6.10 Å². The number of tetrazole rings is 1. The number of carbonyl (C=O) groups is 1. The van der Waals surface area contributed by atoms with Gasteiger partial charge in [0.25, 0.3) is 0 Å². The minimum Gasteiger partial charge on any atom is -0.391 e. The van der Waals surface area contributed by atoms with Gasteiger partial charge in [0, 0.05) is 36.8 Å². The SMILES string of the molecule is O=C(Cn1ncnn1)NC1CC(c2cc(N3CC[C@H](O)C3)ncn2)C1. The number of aliphatic hydroxyl groups excluding tert-OH is 1. The molecular formula is C15H20N8O2. The van der Waals surface area contributed by atoms with Crippen LogP contribution in [-0.2, 0) is 11.3 Å². The quantitative estimate of drug-likeness (QED) is 0.715. The molecule has 1 amide bonds. The van der Waals surface area contributed by atoms with Crippen LogP contribution in [0.2, 0.25) is 0 Å². The lowest BCUT2D eigenvalue weighted by atomic mass is 9.78. The van der Waals surface area contributed by atoms with Gasteiger partial charge in [-0.15, -0.1) is 10.2 Å². The number of aromatic nitrogens is 6. The first-order chi connectivity index (χ1) is 12.2. The molecule has 1 aliphatic heterocycles. The first-order valence-corrected chi connectivity index (χ1v) is 8.42. The van der Waals surface area contributed by atoms with E-state index in [1.807, 2.05) is 6.07 Å². The van der Waals surface area contributed by atoms with Crippen LogP contribution >= 0.6 is 0 Å². The zero-order valence-electron chi connectivity index (χ0n) is 13.7. The molecule has 4 rings (SSSR count). The fourth-order valence-electron chi connectivity index (χ4n) is 3.35. The topological polar surface area (TPSA) is 122 Å². The molecule has 10 heteroatoms. The molecule has 0 bridgehead atoms. The Labute approximate surface area is 144 Å². The van der Waals surface area contributed by atoms with Crippen LogP contribution in [0.15, 0.2) is 18.7 Å². The third-order valence-electron chi connectivity index (χ3n) is 4.76. The second-order valence-corrected chi connectivity index (χ2v) is 6.59. The Bertz CT molecular complexity index is 731. The molecule has 25 heavy (non-hydrogen) atoms. The highest BCUT2D eigenvalue weighted by molar-refractivity contribution is 5.76. The molecule has 2 aliphatic rings. The minimum atomic E-state index is -0.277. The van der Waals surface area contributed by atoms with Crippen molar-refractivity contribution in [2.24, 2.45) is 0 Å². The van der Waals surface area contributed by atoms with Gasteiger partial charge in [-0.1, -0.05) is 0 Å². The summed E-state index contributed by atoms with van der Waals surface area (Å²) >= 11 is 0. The molecule has 1 saturated carbocycles. The van der Waals surface area contributed by atoms with E-state index in [-0.39, 0.29) is 24.6 Å². The van der Waals surface area contributed by atoms with Crippen LogP contribution in [0.25, 0.3) is 0 Å². The number of nitrogens with one attached hydrogen (secondary N) is 1. The Morgan fingerprint density at radius 3 is 2.92 bits per heavy atom. The Morgan fingerprint density at radius 1 is 1.32 bits per heavy atom. The van der Waals surface area contributed by atoms with Gasteiger partial charge in [-0.25, -0.2) is 9.97 Å². The molecule has 0 radical (unpaired) electrons. The summed E-state index contributed by atoms with van der Waals surface area (Å²) < 4.78 is 0. The van der Waals surface area contributed by atoms with Crippen molar-refractivity contribution in [3.63, 3.8) is 0 Å². The van der Waals surface area contributed by atoms with Gasteiger partial charge >= 0.3 is 0 Å². The Morgan fingerprint density at radius 2 is 2.20 bits per heavy atom. The second-order valence-electron chi connectivity index (χ2n) is 6.59. The van der Waals surface area contributed by atoms with Gasteiger partial charge in [0.15, 0.2) is 6.33 Å². The number of anilines is 1. The number of aliphatic hydroxyl groups is 1. The molecule has 0 spiro atoms. The van der Waals surface area contributed by atoms with E-state index in [1.165, 1.54) is 11.1 Å². The van der Waals surface area contributed by atoms with E-state index >= 15 is 0 Å². The summed E-state index contributed by atoms with van der Waals surface area (Å²) in [5.74, 6) is 1.08. The number of β-amino-alcohol motifs (C(OH)–C–C–N with tert-alkyl or cyclic N) is 1. The Hall–Kier alpha value is -2.62. The Balaban J connectivity index is 1.29. The van der Waals surface area contributed by atoms with E-state index in [9.17, 15) is 9.90 Å². The van der Waals surface area contributed by atoms with E-state index in [0.717, 1.165) is 37.3 Å². The molecule has 2 fully saturated rings. The first kappa shape index (κ1) is 15.9. The first-order valence-electron chi connectivity index (χ1n) is 8.42. The lowest BCUT2D eigenvalue weighted by molar-refractivity contribution is -0.123. The zero-order valence-corrected chi connectivity index (χ0v) is 13.7. The standard InChI is InChI=1S/C15H20N8O2/c24-12-1-2-22(6-12)14-5-13(16-8-17-14)10-3-11(4-10)20-15(25)7-23-19-9-18-21-23/h5,8-12,24H,1-4,6-7H2,(H,20,25)/t10?,11?,12-/m0/s1. The largest absolute Gasteiger partial charge is 0.391 e. The molecule has 0 unspecified atom stereocenters. The molecule has 0 aromatic carbocycles. The average Bonchev–Trinajstić information content (AvgIpc) is 3.22. The fourth-order valence-corrected chi connectivity index (χ4v) is 3.35. The normalized spacial score (nSPS) is 25.6. The number of carbonyl (C=O) groups excluding carboxylic acids is 1. The number of amides is 1. The average molecular weight is 344 g/mol. The smallest absolute Gasteiger partial charge is 0.243 e. The fraction of sp³-hybridized carbons (Fsp3) is 0.600. The number of rotatable bonds is 5. The van der Waals surface area contributed by atoms with Gasteiger partial charge < -0.3 is 15.3 Å². The lowest BCUT2D eigenvalue weighted by Gasteiger charge is -2.35. The third kappa shape index (κ3) is 3.58. The molecule has 2 aromatic rings. The van der Waals surface area contributed by atoms with Crippen LogP contribution < -0.4 is 10.2 Å². The third-order valence-corrected chi connectivity index (χ3v) is 4.76. The molecule has 2 aromatic heterocycles. The van der Waals surface area contributed by atoms with Crippen molar-refractivity contribution < 1.29 is 9.90 Å². The van der Waals surface area contributed by atoms with Crippen LogP contribution in [-0.4, -0.2) is 66.4 Å². The molecule has 1 saturated heterocycles. The highest BCUT2D eigenvalue weighted by atomic mass is 16.3. The molecule has 10 nitrogen and oxygen atoms in total. The molecule has 1 aliphatic carbocycles. The Kier molecular flexibility index (Phi) is 4.26. The number of nitrogens with zero attached hydrogens (tertiary/aromatic N) is 7. The van der Waals surface area contributed by atoms with Crippen molar-refractivity contribution in [3.8, 4) is 0 Å². The summed E-state index contributed by atoms with van der Waals surface area (Å²) in [5.41, 5.74) is 0.995. The molecule has 1 atom stereocenters. The molecule has 3 heterocycles. The highest BCUT2D eigenvalue weighted by Crippen LogP contribution is 2.36. The summed E-state index contributed by atoms with van der Waals surface area (Å²) in [7, 11) is 0. The molecule has 2 N–H and O–H groups in total. The van der Waals surface area contributed by atoms with E-state index in [0.29, 0.717) is 12.5 Å². The summed E-state index contributed by atoms with van der Waals surface area (Å²) in [5, 5.41) is 23.7. The maximum absolute atomic E-state index is 11.9. The summed E-state index contributed by atoms with van der Waals surface area (Å²) in [6.45, 7) is 1.52. The lowest BCUT2D eigenvalue weighted by Crippen LogP contribution is -2.45. The van der Waals surface area contributed by atoms with E-state index in [4.69, 9.17) is 0 Å². The predicted octanol–water partition coefficient (Wildman–Crippen LogP) is -0.903. The number of hydrogen-bond acceptors (Lipinski definition) is 8. The van der Waals surface area contributed by atoms with Crippen molar-refractivity contribution in [2.45, 2.75) is 43.9 Å². The summed E-state index contributed by atoms with van der Waals surface area (Å²) in [4.78, 5) is 24.0. The maximum atomic E-state index is 11.9. The van der Waals surface area contributed by atoms with Crippen LogP contribution in [0.5, 0.6) is 0 Å². The van der Waals surface area contributed by atoms with Gasteiger partial charge in [-0.3, -0.25) is 4.79 Å². The monoisotopic (exact) mass is 344 g/mol. The van der Waals surface area contributed by atoms with E-state index in [2.05, 4.69) is 35.6 Å². The van der Waals surface area contributed by atoms with Crippen molar-refractivity contribution in [1.82, 2.24) is 35.5 Å². The highest BCUT2D eigenvalue weighted by Gasteiger charge is 2.33. The van der Waals surface area contributed by atoms with E-state index in [1.54, 1.807) is 6.33 Å². The van der Waals surface area contributed by atoms with Crippen molar-refractivity contribution in [1.29, 1.82) is 0 Å². The second kappa shape index (κ2) is 6.71. The summed E-state index contributed by atoms with van der Waals surface area (Å²) in [6, 6.07) is 2.15. The van der Waals surface area contributed by atoms with Gasteiger partial charge in [-0.2, -0.15) is 4.80 Å². The van der Waals surface area contributed by atoms with E-state index < -0.39 is 0 Å². The predicted molar refractivity (Wildman–Crippen MR) is 86.6 cm³/mol. The number of hydrogen-bond donors (Lipinski definition) is 2. The van der Waals surface area contributed by atoms with Crippen LogP contribution in [0.4, 0.5) is 5.82 Å². The maximum Gasteiger partial charge on any atom is 0.243 e. The molecular weight excluding hydrogens is 324 g/mol. The van der Waals surface area contributed by atoms with Crippen LogP contribution in [0, 0.1) is 0 Å². The van der Waals surface area contributed by atoms with Crippen molar-refractivity contribution in [3.05, 3.63) is 24.4 Å².